The van der Waals surface area contributed by atoms with E-state index in [2.05, 4.69) is 56.7 Å². The second kappa shape index (κ2) is 16.3. The maximum atomic E-state index is 13.5. The number of aromatic nitrogens is 10. The third kappa shape index (κ3) is 8.06. The summed E-state index contributed by atoms with van der Waals surface area (Å²) in [6.07, 6.45) is 5.47. The molecule has 8 rings (SSSR count). The van der Waals surface area contributed by atoms with E-state index < -0.39 is 5.92 Å². The molecule has 0 radical (unpaired) electrons. The topological polar surface area (TPSA) is 248 Å². The molecule has 2 aromatic carbocycles. The summed E-state index contributed by atoms with van der Waals surface area (Å²) >= 11 is 0. The van der Waals surface area contributed by atoms with Crippen LogP contribution in [0.2, 0.25) is 0 Å². The highest BCUT2D eigenvalue weighted by molar-refractivity contribution is 6.02. The van der Waals surface area contributed by atoms with Crippen LogP contribution in [-0.4, -0.2) is 87.5 Å². The summed E-state index contributed by atoms with van der Waals surface area (Å²) in [5.41, 5.74) is 3.04. The number of nitrogens with one attached hydrogen (secondary N) is 4. The maximum Gasteiger partial charge on any atom is 0.230 e. The molecule has 20 heteroatoms. The van der Waals surface area contributed by atoms with Gasteiger partial charge in [0.05, 0.1) is 60.1 Å². The summed E-state index contributed by atoms with van der Waals surface area (Å²) in [4.78, 5) is 60.2. The lowest BCUT2D eigenvalue weighted by molar-refractivity contribution is -0.118. The number of nitrogens with zero attached hydrogens (tertiary/aromatic N) is 10. The van der Waals surface area contributed by atoms with Gasteiger partial charge in [0.15, 0.2) is 57.7 Å². The van der Waals surface area contributed by atoms with Crippen LogP contribution in [0.5, 0.6) is 11.5 Å². The minimum absolute atomic E-state index is 0.0434. The normalized spacial score (nSPS) is 15.5. The highest BCUT2D eigenvalue weighted by atomic mass is 16.5. The van der Waals surface area contributed by atoms with Crippen molar-refractivity contribution in [3.05, 3.63) is 72.6 Å². The summed E-state index contributed by atoms with van der Waals surface area (Å²) in [7, 11) is 4.79. The Morgan fingerprint density at radius 3 is 1.85 bits per heavy atom. The molecule has 4 heterocycles. The predicted octanol–water partition coefficient (Wildman–Crippen LogP) is 5.17. The SMILES string of the molecule is CCC(=O)c1nnc(NC(=O)C2CC2)cc1Nc1cccc(-c2ncn(C3CC3C(=O)Nc3cc(Nc4cccc(-c5ncn(C)n5)c4OC)c(C(C)=O)nn3)n2)c1OC. The molecule has 20 nitrogen and oxygen atoms in total. The van der Waals surface area contributed by atoms with E-state index in [4.69, 9.17) is 14.6 Å². The number of carbonyl (C=O) groups excluding carboxylic acids is 4. The average Bonchev–Trinajstić information content (AvgIpc) is 4.16. The van der Waals surface area contributed by atoms with E-state index in [9.17, 15) is 19.2 Å². The monoisotopic (exact) mass is 812 g/mol. The molecule has 2 atom stereocenters. The number of carbonyl (C=O) groups is 4. The van der Waals surface area contributed by atoms with Gasteiger partial charge in [-0.05, 0) is 43.5 Å². The van der Waals surface area contributed by atoms with Crippen molar-refractivity contribution in [1.29, 1.82) is 0 Å². The molecule has 306 valence electrons. The quantitative estimate of drug-likeness (QED) is 0.0921. The number of rotatable bonds is 16. The highest BCUT2D eigenvalue weighted by Crippen LogP contribution is 2.45. The average molecular weight is 813 g/mol. The Morgan fingerprint density at radius 1 is 0.733 bits per heavy atom. The van der Waals surface area contributed by atoms with Gasteiger partial charge in [-0.2, -0.15) is 10.2 Å². The molecule has 2 aliphatic rings. The Hall–Kier alpha value is -7.64. The molecule has 0 bridgehead atoms. The van der Waals surface area contributed by atoms with Gasteiger partial charge in [-0.1, -0.05) is 19.1 Å². The summed E-state index contributed by atoms with van der Waals surface area (Å²) < 4.78 is 14.8. The lowest BCUT2D eigenvalue weighted by Gasteiger charge is -2.16. The number of benzene rings is 2. The van der Waals surface area contributed by atoms with Crippen molar-refractivity contribution in [3.8, 4) is 34.3 Å². The molecule has 0 aliphatic heterocycles. The summed E-state index contributed by atoms with van der Waals surface area (Å²) in [6, 6.07) is 13.6. The van der Waals surface area contributed by atoms with Gasteiger partial charge in [-0.25, -0.2) is 14.6 Å². The Kier molecular flexibility index (Phi) is 10.7. The van der Waals surface area contributed by atoms with Gasteiger partial charge < -0.3 is 30.7 Å². The van der Waals surface area contributed by atoms with Gasteiger partial charge in [-0.15, -0.1) is 20.4 Å². The molecule has 6 aromatic rings. The molecule has 60 heavy (non-hydrogen) atoms. The number of methoxy groups -OCH3 is 2. The second-order valence-electron chi connectivity index (χ2n) is 14.3. The van der Waals surface area contributed by atoms with Crippen LogP contribution >= 0.6 is 0 Å². The summed E-state index contributed by atoms with van der Waals surface area (Å²) in [5, 5.41) is 37.6. The van der Waals surface area contributed by atoms with E-state index >= 15 is 0 Å². The number of para-hydroxylation sites is 2. The number of amides is 2. The fourth-order valence-corrected chi connectivity index (χ4v) is 6.65. The Morgan fingerprint density at radius 2 is 1.30 bits per heavy atom. The third-order valence-electron chi connectivity index (χ3n) is 9.96. The van der Waals surface area contributed by atoms with Crippen LogP contribution in [0.25, 0.3) is 22.8 Å². The van der Waals surface area contributed by atoms with E-state index in [-0.39, 0.29) is 64.8 Å². The molecule has 2 aliphatic carbocycles. The minimum atomic E-state index is -0.453. The van der Waals surface area contributed by atoms with Gasteiger partial charge in [0.2, 0.25) is 11.8 Å². The first-order valence-corrected chi connectivity index (χ1v) is 19.1. The number of hydrogen-bond donors (Lipinski definition) is 4. The molecule has 2 amide bonds. The first-order chi connectivity index (χ1) is 29.0. The van der Waals surface area contributed by atoms with Gasteiger partial charge in [0.1, 0.15) is 12.7 Å². The zero-order valence-corrected chi connectivity index (χ0v) is 33.3. The fraction of sp³-hybridized carbons (Fsp3) is 0.300. The van der Waals surface area contributed by atoms with Gasteiger partial charge in [0.25, 0.3) is 0 Å². The summed E-state index contributed by atoms with van der Waals surface area (Å²) in [6.45, 7) is 3.10. The number of ether oxygens (including phenoxy) is 2. The standard InChI is InChI=1S/C40H40N14O6/c1-6-30(56)34-28(17-31(48-50-34)45-39(57)21-13-14-21)44-26-12-8-10-23(36(26)60-5)38-42-19-54(52-38)29-15-24(29)40(58)46-32-16-27(33(20(2)55)49-47-32)43-25-11-7-9-22(35(25)59-4)37-41-18-53(3)51-37/h7-12,16-19,21,24,29H,6,13-15H2,1-5H3,(H2,43,46,47,58)(H2,44,45,48,57). The maximum absolute atomic E-state index is 13.5. The molecule has 2 saturated carbocycles. The minimum Gasteiger partial charge on any atom is -0.494 e. The lowest BCUT2D eigenvalue weighted by atomic mass is 10.1. The smallest absolute Gasteiger partial charge is 0.230 e. The van der Waals surface area contributed by atoms with Crippen LogP contribution in [0.3, 0.4) is 0 Å². The van der Waals surface area contributed by atoms with Crippen LogP contribution in [0.4, 0.5) is 34.4 Å². The third-order valence-corrected chi connectivity index (χ3v) is 9.96. The van der Waals surface area contributed by atoms with Crippen molar-refractivity contribution >= 4 is 57.8 Å². The van der Waals surface area contributed by atoms with Crippen LogP contribution in [-0.2, 0) is 16.6 Å². The molecule has 0 spiro atoms. The van der Waals surface area contributed by atoms with Crippen molar-refractivity contribution in [1.82, 2.24) is 49.9 Å². The van der Waals surface area contributed by atoms with Crippen LogP contribution < -0.4 is 30.7 Å². The van der Waals surface area contributed by atoms with Crippen molar-refractivity contribution in [2.24, 2.45) is 18.9 Å². The van der Waals surface area contributed by atoms with Gasteiger partial charge in [0, 0.05) is 38.4 Å². The van der Waals surface area contributed by atoms with E-state index in [0.717, 1.165) is 12.8 Å². The molecule has 0 saturated heterocycles. The zero-order valence-electron chi connectivity index (χ0n) is 33.3. The second-order valence-corrected chi connectivity index (χ2v) is 14.3. The van der Waals surface area contributed by atoms with Crippen LogP contribution in [0.15, 0.2) is 61.2 Å². The number of anilines is 6. The van der Waals surface area contributed by atoms with Crippen molar-refractivity contribution in [2.75, 3.05) is 35.5 Å². The Labute approximate surface area is 342 Å². The van der Waals surface area contributed by atoms with Crippen molar-refractivity contribution < 1.29 is 28.7 Å². The van der Waals surface area contributed by atoms with E-state index in [1.54, 1.807) is 78.5 Å². The van der Waals surface area contributed by atoms with E-state index in [0.29, 0.717) is 63.4 Å². The van der Waals surface area contributed by atoms with Crippen molar-refractivity contribution in [2.45, 2.75) is 45.6 Å². The summed E-state index contributed by atoms with van der Waals surface area (Å²) in [5.74, 6) is 0.486. The first kappa shape index (κ1) is 39.2. The molecule has 2 unspecified atom stereocenters. The highest BCUT2D eigenvalue weighted by Gasteiger charge is 2.46. The molecule has 4 N–H and O–H groups in total. The first-order valence-electron chi connectivity index (χ1n) is 19.1. The number of hydrogen-bond acceptors (Lipinski definition) is 16. The van der Waals surface area contributed by atoms with Crippen molar-refractivity contribution in [3.63, 3.8) is 0 Å². The number of Topliss-reactive ketones (excluding diaryl/α,β-unsaturated/α-hetero) is 2. The molecular weight excluding hydrogens is 773 g/mol. The molecule has 2 fully saturated rings. The molecular formula is C40H40N14O6. The van der Waals surface area contributed by atoms with E-state index in [1.165, 1.54) is 21.1 Å². The molecule has 4 aromatic heterocycles. The Balaban J connectivity index is 0.978. The van der Waals surface area contributed by atoms with E-state index in [1.807, 2.05) is 6.07 Å². The Bertz CT molecular complexity index is 2650. The van der Waals surface area contributed by atoms with Crippen LogP contribution in [0.1, 0.15) is 66.5 Å². The predicted molar refractivity (Wildman–Crippen MR) is 217 cm³/mol. The van der Waals surface area contributed by atoms with Gasteiger partial charge in [-0.3, -0.25) is 23.9 Å². The number of aryl methyl sites for hydroxylation is 1. The number of ketones is 2. The lowest BCUT2D eigenvalue weighted by Crippen LogP contribution is -2.18. The fourth-order valence-electron chi connectivity index (χ4n) is 6.65. The zero-order chi connectivity index (χ0) is 42.1. The largest absolute Gasteiger partial charge is 0.494 e. The van der Waals surface area contributed by atoms with Crippen LogP contribution in [0, 0.1) is 11.8 Å². The van der Waals surface area contributed by atoms with Gasteiger partial charge >= 0.3 is 0 Å².